The lowest BCUT2D eigenvalue weighted by Gasteiger charge is -2.26. The number of hydrogen-bond donors (Lipinski definition) is 0. The van der Waals surface area contributed by atoms with Crippen molar-refractivity contribution < 1.29 is 19.0 Å². The number of ether oxygens (including phenoxy) is 3. The first-order valence-electron chi connectivity index (χ1n) is 11.6. The number of benzene rings is 1. The van der Waals surface area contributed by atoms with Gasteiger partial charge in [-0.2, -0.15) is 0 Å². The second kappa shape index (κ2) is 8.98. The Hall–Kier alpha value is -3.19. The summed E-state index contributed by atoms with van der Waals surface area (Å²) < 4.78 is 19.2. The molecule has 3 heterocycles. The Balaban J connectivity index is 1.38. The molecule has 0 saturated carbocycles. The summed E-state index contributed by atoms with van der Waals surface area (Å²) in [4.78, 5) is 17.6. The molecule has 0 atom stereocenters. The monoisotopic (exact) mass is 449 g/mol. The number of aryl methyl sites for hydroxylation is 1. The number of anilines is 1. The van der Waals surface area contributed by atoms with Crippen LogP contribution < -0.4 is 19.1 Å². The number of methoxy groups -OCH3 is 2. The summed E-state index contributed by atoms with van der Waals surface area (Å²) in [7, 11) is 5.30. The number of hydrogen-bond acceptors (Lipinski definition) is 5. The first kappa shape index (κ1) is 21.6. The molecular weight excluding hydrogens is 418 g/mol. The fourth-order valence-electron chi connectivity index (χ4n) is 5.05. The Morgan fingerprint density at radius 3 is 2.45 bits per heavy atom. The van der Waals surface area contributed by atoms with Crippen LogP contribution in [-0.4, -0.2) is 55.8 Å². The lowest BCUT2D eigenvalue weighted by Crippen LogP contribution is -2.33. The predicted molar refractivity (Wildman–Crippen MR) is 128 cm³/mol. The molecule has 4 aliphatic rings. The molecule has 0 radical (unpaired) electrons. The van der Waals surface area contributed by atoms with Gasteiger partial charge in [-0.25, -0.2) is 0 Å². The number of carbonyl (C=O) groups excluding carboxylic acids is 1. The molecule has 0 spiro atoms. The Morgan fingerprint density at radius 2 is 1.70 bits per heavy atom. The topological polar surface area (TPSA) is 56.2 Å². The van der Waals surface area contributed by atoms with Gasteiger partial charge in [-0.3, -0.25) is 9.69 Å². The highest BCUT2D eigenvalue weighted by Gasteiger charge is 2.35. The molecule has 1 aromatic rings. The van der Waals surface area contributed by atoms with E-state index in [2.05, 4.69) is 9.47 Å². The number of fused-ring (bicyclic) bond motifs is 3. The maximum atomic E-state index is 13.4. The average molecular weight is 450 g/mol. The summed E-state index contributed by atoms with van der Waals surface area (Å²) >= 11 is 0. The smallest absolute Gasteiger partial charge is 0.259 e. The van der Waals surface area contributed by atoms with Gasteiger partial charge in [0.1, 0.15) is 12.4 Å². The van der Waals surface area contributed by atoms with Crippen molar-refractivity contribution in [2.24, 2.45) is 7.05 Å². The molecule has 0 aromatic heterocycles. The second-order valence-electron chi connectivity index (χ2n) is 8.77. The first-order valence-corrected chi connectivity index (χ1v) is 11.6. The van der Waals surface area contributed by atoms with E-state index < -0.39 is 0 Å². The van der Waals surface area contributed by atoms with Gasteiger partial charge in [0.15, 0.2) is 11.5 Å². The molecule has 33 heavy (non-hydrogen) atoms. The van der Waals surface area contributed by atoms with Gasteiger partial charge in [-0.1, -0.05) is 6.42 Å². The Bertz CT molecular complexity index is 1130. The third kappa shape index (κ3) is 3.91. The van der Waals surface area contributed by atoms with Crippen molar-refractivity contribution in [2.75, 3.05) is 45.4 Å². The Labute approximate surface area is 194 Å². The highest BCUT2D eigenvalue weighted by atomic mass is 16.5. The molecule has 0 N–H and O–H groups in total. The molecule has 174 valence electrons. The van der Waals surface area contributed by atoms with Gasteiger partial charge in [0.25, 0.3) is 5.91 Å². The fourth-order valence-corrected chi connectivity index (χ4v) is 5.05. The van der Waals surface area contributed by atoms with E-state index in [0.717, 1.165) is 53.5 Å². The van der Waals surface area contributed by atoms with E-state index in [9.17, 15) is 4.79 Å². The molecule has 7 heteroatoms. The second-order valence-corrected chi connectivity index (χ2v) is 8.77. The highest BCUT2D eigenvalue weighted by Crippen LogP contribution is 2.44. The van der Waals surface area contributed by atoms with E-state index in [1.165, 1.54) is 19.3 Å². The molecule has 7 nitrogen and oxygen atoms in total. The van der Waals surface area contributed by atoms with Crippen molar-refractivity contribution in [1.82, 2.24) is 9.47 Å². The summed E-state index contributed by atoms with van der Waals surface area (Å²) in [5.74, 6) is 2.12. The lowest BCUT2D eigenvalue weighted by atomic mass is 10.1. The zero-order valence-electron chi connectivity index (χ0n) is 19.6. The molecule has 1 saturated heterocycles. The van der Waals surface area contributed by atoms with Crippen LogP contribution in [0.3, 0.4) is 0 Å². The van der Waals surface area contributed by atoms with Crippen molar-refractivity contribution >= 4 is 11.6 Å². The average Bonchev–Trinajstić information content (AvgIpc) is 3.37. The molecule has 0 bridgehead atoms. The van der Waals surface area contributed by atoms with Crippen molar-refractivity contribution in [3.05, 3.63) is 47.7 Å². The van der Waals surface area contributed by atoms with E-state index in [4.69, 9.17) is 14.2 Å². The Kier molecular flexibility index (Phi) is 5.89. The van der Waals surface area contributed by atoms with Crippen molar-refractivity contribution in [3.8, 4) is 28.5 Å². The maximum absolute atomic E-state index is 13.4. The minimum Gasteiger partial charge on any atom is -0.496 e. The maximum Gasteiger partial charge on any atom is 0.259 e. The summed E-state index contributed by atoms with van der Waals surface area (Å²) in [6, 6.07) is 9.59. The molecule has 1 aromatic carbocycles. The predicted octanol–water partition coefficient (Wildman–Crippen LogP) is 4.17. The molecular formula is C26H31N3O4. The van der Waals surface area contributed by atoms with Gasteiger partial charge < -0.3 is 23.7 Å². The quantitative estimate of drug-likeness (QED) is 0.542. The van der Waals surface area contributed by atoms with Gasteiger partial charge in [-0.15, -0.1) is 0 Å². The highest BCUT2D eigenvalue weighted by molar-refractivity contribution is 6.13. The van der Waals surface area contributed by atoms with Crippen LogP contribution >= 0.6 is 0 Å². The normalized spacial score (nSPS) is 16.3. The molecule has 1 fully saturated rings. The molecule has 0 unspecified atom stereocenters. The zero-order chi connectivity index (χ0) is 22.9. The summed E-state index contributed by atoms with van der Waals surface area (Å²) in [5, 5.41) is 0. The van der Waals surface area contributed by atoms with Gasteiger partial charge in [0.2, 0.25) is 0 Å². The van der Waals surface area contributed by atoms with Crippen molar-refractivity contribution in [2.45, 2.75) is 25.8 Å². The summed E-state index contributed by atoms with van der Waals surface area (Å²) in [6.07, 6.45) is 5.81. The summed E-state index contributed by atoms with van der Waals surface area (Å²) in [6.45, 7) is 4.29. The third-order valence-corrected chi connectivity index (χ3v) is 6.81. The number of rotatable bonds is 7. The van der Waals surface area contributed by atoms with Crippen LogP contribution in [0.15, 0.2) is 36.5 Å². The van der Waals surface area contributed by atoms with E-state index in [1.54, 1.807) is 19.1 Å². The van der Waals surface area contributed by atoms with Gasteiger partial charge in [0, 0.05) is 48.2 Å². The van der Waals surface area contributed by atoms with Gasteiger partial charge in [-0.05, 0) is 50.2 Å². The van der Waals surface area contributed by atoms with Crippen LogP contribution in [0.5, 0.6) is 17.2 Å². The molecule has 3 aliphatic heterocycles. The molecule has 1 amide bonds. The number of amides is 1. The van der Waals surface area contributed by atoms with Crippen LogP contribution in [0.4, 0.5) is 5.69 Å². The number of likely N-dealkylation sites (tertiary alicyclic amines) is 1. The van der Waals surface area contributed by atoms with Crippen molar-refractivity contribution in [1.29, 1.82) is 0 Å². The number of pyridine rings is 1. The van der Waals surface area contributed by atoms with Crippen molar-refractivity contribution in [3.63, 3.8) is 0 Å². The molecule has 5 rings (SSSR count). The van der Waals surface area contributed by atoms with E-state index in [0.29, 0.717) is 24.7 Å². The Morgan fingerprint density at radius 1 is 0.909 bits per heavy atom. The number of carbonyl (C=O) groups is 1. The number of piperidine rings is 1. The van der Waals surface area contributed by atoms with Gasteiger partial charge in [0.05, 0.1) is 26.5 Å². The largest absolute Gasteiger partial charge is 0.496 e. The third-order valence-electron chi connectivity index (χ3n) is 6.81. The van der Waals surface area contributed by atoms with Crippen LogP contribution in [0.25, 0.3) is 11.3 Å². The minimum absolute atomic E-state index is 0.00677. The zero-order valence-corrected chi connectivity index (χ0v) is 19.6. The van der Waals surface area contributed by atoms with Crippen LogP contribution in [0.1, 0.15) is 35.2 Å². The lowest BCUT2D eigenvalue weighted by molar-refractivity contribution is 0.0996. The number of nitrogens with zero attached hydrogens (tertiary/aromatic N) is 3. The van der Waals surface area contributed by atoms with E-state index in [-0.39, 0.29) is 5.91 Å². The van der Waals surface area contributed by atoms with Crippen LogP contribution in [0, 0.1) is 0 Å². The standard InChI is InChI=1S/C26H31N3O4/c1-27-12-9-22(31-2)20-16-19-21(25(20)27)17-29(26(19)30)18-7-8-23(32-3)24(15-18)33-14-13-28-10-5-4-6-11-28/h7-9,12,15-16H,4-6,10-11,13-14,17H2,1-3H3. The summed E-state index contributed by atoms with van der Waals surface area (Å²) in [5.41, 5.74) is 4.57. The fraction of sp³-hybridized carbons (Fsp3) is 0.423. The molecule has 1 aliphatic carbocycles. The van der Waals surface area contributed by atoms with Gasteiger partial charge >= 0.3 is 0 Å². The van der Waals surface area contributed by atoms with E-state index >= 15 is 0 Å². The van der Waals surface area contributed by atoms with Crippen LogP contribution in [0.2, 0.25) is 0 Å². The SMILES string of the molecule is COc1ccc(N2Cc3c(cc4c(OC)ccn(C)c3-4)C2=O)cc1OCCN1CCCCC1. The van der Waals surface area contributed by atoms with Crippen LogP contribution in [-0.2, 0) is 13.6 Å². The first-order chi connectivity index (χ1) is 16.1. The minimum atomic E-state index is -0.00677. The number of aromatic nitrogens is 1. The van der Waals surface area contributed by atoms with E-state index in [1.807, 2.05) is 43.6 Å².